The predicted octanol–water partition coefficient (Wildman–Crippen LogP) is 1.53. The molecule has 0 aliphatic carbocycles. The number of rotatable bonds is 9. The maximum Gasteiger partial charge on any atom is 0.137 e. The average molecular weight is 254 g/mol. The third kappa shape index (κ3) is 5.44. The molecule has 0 radical (unpaired) electrons. The van der Waals surface area contributed by atoms with Gasteiger partial charge in [-0.15, -0.1) is 0 Å². The third-order valence-electron chi connectivity index (χ3n) is 2.36. The summed E-state index contributed by atoms with van der Waals surface area (Å²) in [6.07, 6.45) is 4.40. The Bertz CT molecular complexity index is 334. The molecule has 1 aromatic heterocycles. The summed E-state index contributed by atoms with van der Waals surface area (Å²) in [5.41, 5.74) is 6.93. The molecule has 0 aromatic carbocycles. The molecule has 0 aliphatic rings. The molecule has 1 aromatic rings. The van der Waals surface area contributed by atoms with Crippen LogP contribution in [0.5, 0.6) is 5.75 Å². The van der Waals surface area contributed by atoms with Crippen LogP contribution >= 0.6 is 0 Å². The van der Waals surface area contributed by atoms with Crippen LogP contribution in [0.15, 0.2) is 18.5 Å². The average Bonchev–Trinajstić information content (AvgIpc) is 2.41. The molecule has 0 aliphatic heterocycles. The molecule has 5 nitrogen and oxygen atoms in total. The Morgan fingerprint density at radius 1 is 1.28 bits per heavy atom. The van der Waals surface area contributed by atoms with E-state index in [1.807, 2.05) is 6.07 Å². The van der Waals surface area contributed by atoms with Crippen molar-refractivity contribution in [1.29, 1.82) is 0 Å². The number of nitrogens with two attached hydrogens (primary N) is 1. The van der Waals surface area contributed by atoms with E-state index < -0.39 is 0 Å². The Morgan fingerprint density at radius 3 is 2.83 bits per heavy atom. The van der Waals surface area contributed by atoms with Crippen LogP contribution in [0.4, 0.5) is 0 Å². The molecule has 0 bridgehead atoms. The van der Waals surface area contributed by atoms with Crippen LogP contribution in [0, 0.1) is 0 Å². The molecule has 0 saturated heterocycles. The lowest BCUT2D eigenvalue weighted by molar-refractivity contribution is 0.0635. The topological polar surface area (TPSA) is 66.6 Å². The summed E-state index contributed by atoms with van der Waals surface area (Å²) in [5.74, 6) is 0.752. The fraction of sp³-hybridized carbons (Fsp3) is 0.615. The second-order valence-electron chi connectivity index (χ2n) is 3.98. The van der Waals surface area contributed by atoms with Crippen LogP contribution in [-0.4, -0.2) is 38.5 Å². The normalized spacial score (nSPS) is 12.4. The molecule has 1 heterocycles. The molecule has 5 heteroatoms. The van der Waals surface area contributed by atoms with Gasteiger partial charge >= 0.3 is 0 Å². The van der Waals surface area contributed by atoms with Gasteiger partial charge in [-0.1, -0.05) is 6.92 Å². The van der Waals surface area contributed by atoms with Gasteiger partial charge < -0.3 is 19.9 Å². The van der Waals surface area contributed by atoms with E-state index in [-0.39, 0.29) is 6.04 Å². The van der Waals surface area contributed by atoms with Gasteiger partial charge in [0, 0.05) is 13.3 Å². The SMILES string of the molecule is CCCOc1cncc(C(N)COCCOC)c1. The van der Waals surface area contributed by atoms with Crippen molar-refractivity contribution in [2.24, 2.45) is 5.73 Å². The van der Waals surface area contributed by atoms with E-state index in [4.69, 9.17) is 19.9 Å². The van der Waals surface area contributed by atoms with E-state index in [0.717, 1.165) is 17.7 Å². The highest BCUT2D eigenvalue weighted by atomic mass is 16.5. The fourth-order valence-electron chi connectivity index (χ4n) is 1.39. The van der Waals surface area contributed by atoms with Crippen LogP contribution in [0.2, 0.25) is 0 Å². The quantitative estimate of drug-likeness (QED) is 0.677. The van der Waals surface area contributed by atoms with E-state index in [1.165, 1.54) is 0 Å². The van der Waals surface area contributed by atoms with Gasteiger partial charge in [0.25, 0.3) is 0 Å². The molecule has 1 unspecified atom stereocenters. The van der Waals surface area contributed by atoms with Crippen LogP contribution in [-0.2, 0) is 9.47 Å². The van der Waals surface area contributed by atoms with Gasteiger partial charge in [0.2, 0.25) is 0 Å². The highest BCUT2D eigenvalue weighted by Gasteiger charge is 2.08. The summed E-state index contributed by atoms with van der Waals surface area (Å²) in [4.78, 5) is 4.12. The summed E-state index contributed by atoms with van der Waals surface area (Å²) in [5, 5.41) is 0. The van der Waals surface area contributed by atoms with Gasteiger partial charge in [0.15, 0.2) is 0 Å². The van der Waals surface area contributed by atoms with Gasteiger partial charge in [0.05, 0.1) is 38.7 Å². The highest BCUT2D eigenvalue weighted by Crippen LogP contribution is 2.16. The van der Waals surface area contributed by atoms with Crippen LogP contribution < -0.4 is 10.5 Å². The Hall–Kier alpha value is -1.17. The Labute approximate surface area is 108 Å². The molecular formula is C13H22N2O3. The second-order valence-corrected chi connectivity index (χ2v) is 3.98. The number of hydrogen-bond acceptors (Lipinski definition) is 5. The van der Waals surface area contributed by atoms with E-state index >= 15 is 0 Å². The fourth-order valence-corrected chi connectivity index (χ4v) is 1.39. The summed E-state index contributed by atoms with van der Waals surface area (Å²) in [6, 6.07) is 1.71. The van der Waals surface area contributed by atoms with Crippen molar-refractivity contribution in [1.82, 2.24) is 4.98 Å². The summed E-state index contributed by atoms with van der Waals surface area (Å²) < 4.78 is 15.8. The van der Waals surface area contributed by atoms with Crippen LogP contribution in [0.3, 0.4) is 0 Å². The number of aromatic nitrogens is 1. The first-order valence-corrected chi connectivity index (χ1v) is 6.18. The molecule has 1 rings (SSSR count). The smallest absolute Gasteiger partial charge is 0.137 e. The highest BCUT2D eigenvalue weighted by molar-refractivity contribution is 5.25. The predicted molar refractivity (Wildman–Crippen MR) is 69.6 cm³/mol. The van der Waals surface area contributed by atoms with Crippen LogP contribution in [0.25, 0.3) is 0 Å². The molecule has 0 amide bonds. The maximum absolute atomic E-state index is 6.01. The van der Waals surface area contributed by atoms with Gasteiger partial charge in [-0.2, -0.15) is 0 Å². The van der Waals surface area contributed by atoms with Crippen molar-refractivity contribution >= 4 is 0 Å². The van der Waals surface area contributed by atoms with Gasteiger partial charge in [-0.25, -0.2) is 0 Å². The second kappa shape index (κ2) is 8.85. The third-order valence-corrected chi connectivity index (χ3v) is 2.36. The largest absolute Gasteiger partial charge is 0.492 e. The lowest BCUT2D eigenvalue weighted by atomic mass is 10.1. The molecule has 0 fully saturated rings. The number of methoxy groups -OCH3 is 1. The molecule has 1 atom stereocenters. The standard InChI is InChI=1S/C13H22N2O3/c1-3-4-18-12-7-11(8-15-9-12)13(14)10-17-6-5-16-2/h7-9,13H,3-6,10,14H2,1-2H3. The summed E-state index contributed by atoms with van der Waals surface area (Å²) in [6.45, 7) is 4.31. The number of ether oxygens (including phenoxy) is 3. The lowest BCUT2D eigenvalue weighted by Gasteiger charge is -2.13. The van der Waals surface area contributed by atoms with Gasteiger partial charge in [0.1, 0.15) is 5.75 Å². The summed E-state index contributed by atoms with van der Waals surface area (Å²) >= 11 is 0. The van der Waals surface area contributed by atoms with Crippen molar-refractivity contribution in [3.8, 4) is 5.75 Å². The maximum atomic E-state index is 6.01. The Kier molecular flexibility index (Phi) is 7.32. The Morgan fingerprint density at radius 2 is 2.11 bits per heavy atom. The molecule has 18 heavy (non-hydrogen) atoms. The van der Waals surface area contributed by atoms with E-state index in [2.05, 4.69) is 11.9 Å². The molecule has 2 N–H and O–H groups in total. The van der Waals surface area contributed by atoms with E-state index in [9.17, 15) is 0 Å². The van der Waals surface area contributed by atoms with E-state index in [1.54, 1.807) is 19.5 Å². The number of hydrogen-bond donors (Lipinski definition) is 1. The lowest BCUT2D eigenvalue weighted by Crippen LogP contribution is -2.18. The first kappa shape index (κ1) is 14.9. The first-order chi connectivity index (χ1) is 8.77. The van der Waals surface area contributed by atoms with E-state index in [0.29, 0.717) is 26.4 Å². The summed E-state index contributed by atoms with van der Waals surface area (Å²) in [7, 11) is 1.64. The van der Waals surface area contributed by atoms with Crippen molar-refractivity contribution in [3.05, 3.63) is 24.0 Å². The Balaban J connectivity index is 2.43. The minimum absolute atomic E-state index is 0.195. The van der Waals surface area contributed by atoms with Gasteiger partial charge in [-0.3, -0.25) is 4.98 Å². The first-order valence-electron chi connectivity index (χ1n) is 6.18. The van der Waals surface area contributed by atoms with Crippen molar-refractivity contribution in [2.45, 2.75) is 19.4 Å². The number of pyridine rings is 1. The molecule has 0 saturated carbocycles. The molecule has 0 spiro atoms. The monoisotopic (exact) mass is 254 g/mol. The zero-order valence-electron chi connectivity index (χ0n) is 11.1. The number of nitrogens with zero attached hydrogens (tertiary/aromatic N) is 1. The van der Waals surface area contributed by atoms with Crippen molar-refractivity contribution in [3.63, 3.8) is 0 Å². The zero-order valence-corrected chi connectivity index (χ0v) is 11.1. The zero-order chi connectivity index (χ0) is 13.2. The molecular weight excluding hydrogens is 232 g/mol. The minimum atomic E-state index is -0.195. The minimum Gasteiger partial charge on any atom is -0.492 e. The van der Waals surface area contributed by atoms with Crippen molar-refractivity contribution < 1.29 is 14.2 Å². The van der Waals surface area contributed by atoms with Crippen molar-refractivity contribution in [2.75, 3.05) is 33.5 Å². The molecule has 102 valence electrons. The van der Waals surface area contributed by atoms with Crippen LogP contribution in [0.1, 0.15) is 24.9 Å². The van der Waals surface area contributed by atoms with Gasteiger partial charge in [-0.05, 0) is 18.1 Å².